The average molecular weight is 233 g/mol. The Morgan fingerprint density at radius 3 is 3.00 bits per heavy atom. The molecule has 0 saturated heterocycles. The molecule has 0 bridgehead atoms. The van der Waals surface area contributed by atoms with Crippen molar-refractivity contribution in [1.82, 2.24) is 10.5 Å². The van der Waals surface area contributed by atoms with Gasteiger partial charge in [0.1, 0.15) is 11.6 Å². The maximum atomic E-state index is 11.3. The number of nitrogens with one attached hydrogen (secondary N) is 1. The Morgan fingerprint density at radius 2 is 2.47 bits per heavy atom. The summed E-state index contributed by atoms with van der Waals surface area (Å²) < 4.78 is 8.85. The van der Waals surface area contributed by atoms with Crippen LogP contribution < -0.4 is 5.32 Å². The lowest BCUT2D eigenvalue weighted by Crippen LogP contribution is -2.34. The molecule has 1 unspecified atom stereocenters. The molecule has 6 nitrogen and oxygen atoms in total. The van der Waals surface area contributed by atoms with Crippen molar-refractivity contribution in [3.8, 4) is 0 Å². The third-order valence-electron chi connectivity index (χ3n) is 1.57. The minimum atomic E-state index is -0.911. The Balaban J connectivity index is 2.38. The molecule has 1 aromatic heterocycles. The molecule has 7 heteroatoms. The molecule has 1 rings (SSSR count). The van der Waals surface area contributed by atoms with Crippen LogP contribution in [0.3, 0.4) is 0 Å². The summed E-state index contributed by atoms with van der Waals surface area (Å²) >= 11 is 5.60. The predicted molar refractivity (Wildman–Crippen MR) is 50.5 cm³/mol. The number of amides is 1. The number of aromatic nitrogens is 1. The highest BCUT2D eigenvalue weighted by Crippen LogP contribution is 1.98. The van der Waals surface area contributed by atoms with Gasteiger partial charge in [0.05, 0.1) is 7.11 Å². The maximum Gasteiger partial charge on any atom is 0.325 e. The van der Waals surface area contributed by atoms with Crippen molar-refractivity contribution in [1.29, 1.82) is 0 Å². The second-order valence-corrected chi connectivity index (χ2v) is 3.11. The molecule has 0 spiro atoms. The minimum Gasteiger partial charge on any atom is -0.468 e. The van der Waals surface area contributed by atoms with Gasteiger partial charge in [0.15, 0.2) is 5.69 Å². The average Bonchev–Trinajstić information content (AvgIpc) is 2.77. The summed E-state index contributed by atoms with van der Waals surface area (Å²) in [6.45, 7) is -0.0279. The van der Waals surface area contributed by atoms with Crippen molar-refractivity contribution < 1.29 is 18.8 Å². The van der Waals surface area contributed by atoms with E-state index >= 15 is 0 Å². The Hall–Kier alpha value is -1.56. The Kier molecular flexibility index (Phi) is 4.11. The van der Waals surface area contributed by atoms with E-state index in [4.69, 9.17) is 11.6 Å². The van der Waals surface area contributed by atoms with Crippen molar-refractivity contribution in [2.45, 2.75) is 5.38 Å². The first kappa shape index (κ1) is 11.5. The van der Waals surface area contributed by atoms with Crippen molar-refractivity contribution in [2.75, 3.05) is 13.7 Å². The van der Waals surface area contributed by atoms with Crippen LogP contribution in [-0.2, 0) is 9.53 Å². The predicted octanol–water partition coefficient (Wildman–Crippen LogP) is 0.185. The molecule has 0 aliphatic carbocycles. The van der Waals surface area contributed by atoms with E-state index in [0.29, 0.717) is 0 Å². The molecular weight excluding hydrogens is 224 g/mol. The first-order valence-corrected chi connectivity index (χ1v) is 4.49. The quantitative estimate of drug-likeness (QED) is 0.592. The topological polar surface area (TPSA) is 81.4 Å². The smallest absolute Gasteiger partial charge is 0.325 e. The van der Waals surface area contributed by atoms with Gasteiger partial charge in [0.2, 0.25) is 0 Å². The lowest BCUT2D eigenvalue weighted by molar-refractivity contribution is -0.140. The van der Waals surface area contributed by atoms with Crippen LogP contribution in [0.2, 0.25) is 0 Å². The zero-order valence-electron chi connectivity index (χ0n) is 7.90. The molecule has 82 valence electrons. The zero-order valence-corrected chi connectivity index (χ0v) is 8.65. The highest BCUT2D eigenvalue weighted by Gasteiger charge is 2.17. The highest BCUT2D eigenvalue weighted by molar-refractivity contribution is 6.30. The van der Waals surface area contributed by atoms with E-state index in [2.05, 4.69) is 19.7 Å². The van der Waals surface area contributed by atoms with E-state index < -0.39 is 17.3 Å². The number of esters is 1. The van der Waals surface area contributed by atoms with Crippen LogP contribution in [-0.4, -0.2) is 36.1 Å². The number of alkyl halides is 1. The molecule has 0 aromatic carbocycles. The van der Waals surface area contributed by atoms with Gasteiger partial charge in [-0.15, -0.1) is 11.6 Å². The van der Waals surface area contributed by atoms with Gasteiger partial charge in [0.25, 0.3) is 5.91 Å². The highest BCUT2D eigenvalue weighted by atomic mass is 35.5. The van der Waals surface area contributed by atoms with Crippen LogP contribution in [0.5, 0.6) is 0 Å². The molecular formula is C8H9ClN2O4. The van der Waals surface area contributed by atoms with E-state index in [9.17, 15) is 9.59 Å². The van der Waals surface area contributed by atoms with E-state index in [1.54, 1.807) is 0 Å². The first-order chi connectivity index (χ1) is 7.15. The molecule has 1 amide bonds. The van der Waals surface area contributed by atoms with Crippen molar-refractivity contribution in [2.24, 2.45) is 0 Å². The van der Waals surface area contributed by atoms with E-state index in [1.165, 1.54) is 19.4 Å². The number of rotatable bonds is 4. The van der Waals surface area contributed by atoms with Crippen molar-refractivity contribution in [3.63, 3.8) is 0 Å². The molecule has 0 aliphatic heterocycles. The summed E-state index contributed by atoms with van der Waals surface area (Å²) in [7, 11) is 1.22. The first-order valence-electron chi connectivity index (χ1n) is 4.05. The number of ether oxygens (including phenoxy) is 1. The standard InChI is InChI=1S/C8H9ClN2O4/c1-14-8(13)5(9)4-10-7(12)6-2-3-15-11-6/h2-3,5H,4H2,1H3,(H,10,12). The molecule has 1 heterocycles. The third-order valence-corrected chi connectivity index (χ3v) is 1.90. The molecule has 1 atom stereocenters. The number of hydrogen-bond donors (Lipinski definition) is 1. The van der Waals surface area contributed by atoms with E-state index in [1.807, 2.05) is 0 Å². The van der Waals surface area contributed by atoms with Crippen LogP contribution in [0.15, 0.2) is 16.9 Å². The van der Waals surface area contributed by atoms with Crippen molar-refractivity contribution in [3.05, 3.63) is 18.0 Å². The normalized spacial score (nSPS) is 11.9. The Bertz CT molecular complexity index is 338. The van der Waals surface area contributed by atoms with Crippen LogP contribution in [0, 0.1) is 0 Å². The summed E-state index contributed by atoms with van der Waals surface area (Å²) in [5.74, 6) is -1.06. The van der Waals surface area contributed by atoms with Gasteiger partial charge in [0, 0.05) is 12.6 Å². The number of carbonyl (C=O) groups excluding carboxylic acids is 2. The molecule has 15 heavy (non-hydrogen) atoms. The lowest BCUT2D eigenvalue weighted by Gasteiger charge is -2.07. The third kappa shape index (κ3) is 3.25. The molecule has 0 aliphatic rings. The fourth-order valence-electron chi connectivity index (χ4n) is 0.814. The summed E-state index contributed by atoms with van der Waals surface area (Å²) in [5, 5.41) is 4.91. The molecule has 1 aromatic rings. The number of halogens is 1. The second kappa shape index (κ2) is 5.35. The largest absolute Gasteiger partial charge is 0.468 e. The summed E-state index contributed by atoms with van der Waals surface area (Å²) in [5.41, 5.74) is 0.128. The fraction of sp³-hybridized carbons (Fsp3) is 0.375. The van der Waals surface area contributed by atoms with E-state index in [-0.39, 0.29) is 12.2 Å². The van der Waals surface area contributed by atoms with Gasteiger partial charge in [-0.25, -0.2) is 0 Å². The Labute approximate surface area is 90.5 Å². The van der Waals surface area contributed by atoms with Crippen LogP contribution in [0.4, 0.5) is 0 Å². The van der Waals surface area contributed by atoms with Crippen LogP contribution in [0.25, 0.3) is 0 Å². The molecule has 0 fully saturated rings. The van der Waals surface area contributed by atoms with Gasteiger partial charge < -0.3 is 14.6 Å². The summed E-state index contributed by atoms with van der Waals surface area (Å²) in [6.07, 6.45) is 1.27. The fourth-order valence-corrected chi connectivity index (χ4v) is 0.980. The molecule has 0 radical (unpaired) electrons. The summed E-state index contributed by atoms with van der Waals surface area (Å²) in [6, 6.07) is 1.40. The van der Waals surface area contributed by atoms with Crippen LogP contribution >= 0.6 is 11.6 Å². The number of hydrogen-bond acceptors (Lipinski definition) is 5. The summed E-state index contributed by atoms with van der Waals surface area (Å²) in [4.78, 5) is 22.1. The van der Waals surface area contributed by atoms with Gasteiger partial charge in [-0.05, 0) is 0 Å². The van der Waals surface area contributed by atoms with Crippen molar-refractivity contribution >= 4 is 23.5 Å². The monoisotopic (exact) mass is 232 g/mol. The van der Waals surface area contributed by atoms with E-state index in [0.717, 1.165) is 0 Å². The number of nitrogens with zero attached hydrogens (tertiary/aromatic N) is 1. The zero-order chi connectivity index (χ0) is 11.3. The number of methoxy groups -OCH3 is 1. The second-order valence-electron chi connectivity index (χ2n) is 2.59. The van der Waals surface area contributed by atoms with Gasteiger partial charge in [-0.3, -0.25) is 9.59 Å². The minimum absolute atomic E-state index is 0.0279. The van der Waals surface area contributed by atoms with Gasteiger partial charge >= 0.3 is 5.97 Å². The molecule has 0 saturated carbocycles. The van der Waals surface area contributed by atoms with Gasteiger partial charge in [-0.2, -0.15) is 0 Å². The molecule has 1 N–H and O–H groups in total. The maximum absolute atomic E-state index is 11.3. The lowest BCUT2D eigenvalue weighted by atomic mass is 10.3. The SMILES string of the molecule is COC(=O)C(Cl)CNC(=O)c1ccon1. The van der Waals surface area contributed by atoms with Crippen LogP contribution in [0.1, 0.15) is 10.5 Å². The number of carbonyl (C=O) groups is 2. The Morgan fingerprint density at radius 1 is 1.73 bits per heavy atom. The van der Waals surface area contributed by atoms with Gasteiger partial charge in [-0.1, -0.05) is 5.16 Å².